The molecule has 0 aromatic heterocycles. The molecule has 58 heavy (non-hydrogen) atoms. The Morgan fingerprint density at radius 2 is 1.43 bits per heavy atom. The van der Waals surface area contributed by atoms with Gasteiger partial charge in [0.25, 0.3) is 5.91 Å². The highest BCUT2D eigenvalue weighted by Crippen LogP contribution is 2.48. The number of carbonyl (C=O) groups excluding carboxylic acids is 3. The highest BCUT2D eigenvalue weighted by molar-refractivity contribution is 7.91. The van der Waals surface area contributed by atoms with E-state index in [-0.39, 0.29) is 28.8 Å². The number of amides is 2. The van der Waals surface area contributed by atoms with Crippen LogP contribution < -0.4 is 25.0 Å². The van der Waals surface area contributed by atoms with Gasteiger partial charge in [-0.1, -0.05) is 88.1 Å². The van der Waals surface area contributed by atoms with Crippen LogP contribution >= 0.6 is 0 Å². The molecule has 13 heteroatoms. The molecule has 0 saturated carbocycles. The van der Waals surface area contributed by atoms with Crippen molar-refractivity contribution in [2.45, 2.75) is 122 Å². The SMILES string of the molecule is CCCCC1(CCCC)CN(c2ccccc2)c2cc(OC)c(OCC(=O)N[C@@H](C(=O)N[C@H](COC(C)(C)C)C(=O)OC(C)(C)C)c3ccccc3)cc2S(=O)(=O)C1. The number of ether oxygens (including phenoxy) is 4. The lowest BCUT2D eigenvalue weighted by molar-refractivity contribution is -0.162. The van der Waals surface area contributed by atoms with Crippen LogP contribution in [0.3, 0.4) is 0 Å². The third kappa shape index (κ3) is 12.9. The molecule has 0 radical (unpaired) electrons. The fraction of sp³-hybridized carbons (Fsp3) is 0.533. The molecule has 1 aliphatic heterocycles. The fourth-order valence-electron chi connectivity index (χ4n) is 7.00. The van der Waals surface area contributed by atoms with Crippen LogP contribution in [-0.2, 0) is 33.7 Å². The monoisotopic (exact) mass is 821 g/mol. The summed E-state index contributed by atoms with van der Waals surface area (Å²) in [7, 11) is -2.41. The molecule has 1 aliphatic rings. The number of rotatable bonds is 18. The van der Waals surface area contributed by atoms with Crippen molar-refractivity contribution < 1.29 is 41.7 Å². The molecule has 2 atom stereocenters. The van der Waals surface area contributed by atoms with Gasteiger partial charge in [-0.25, -0.2) is 13.2 Å². The lowest BCUT2D eigenvalue weighted by Crippen LogP contribution is -2.51. The molecular weight excluding hydrogens is 759 g/mol. The molecule has 4 rings (SSSR count). The lowest BCUT2D eigenvalue weighted by Gasteiger charge is -2.37. The highest BCUT2D eigenvalue weighted by Gasteiger charge is 2.43. The van der Waals surface area contributed by atoms with E-state index in [1.807, 2.05) is 51.1 Å². The predicted molar refractivity (Wildman–Crippen MR) is 226 cm³/mol. The van der Waals surface area contributed by atoms with Crippen molar-refractivity contribution in [2.24, 2.45) is 5.41 Å². The second-order valence-electron chi connectivity index (χ2n) is 17.1. The molecule has 0 spiro atoms. The minimum absolute atomic E-state index is 0.0263. The summed E-state index contributed by atoms with van der Waals surface area (Å²) in [5, 5.41) is 5.46. The van der Waals surface area contributed by atoms with Crippen LogP contribution in [0.15, 0.2) is 77.7 Å². The molecule has 0 fully saturated rings. The van der Waals surface area contributed by atoms with E-state index in [1.165, 1.54) is 13.2 Å². The smallest absolute Gasteiger partial charge is 0.331 e. The molecule has 318 valence electrons. The number of carbonyl (C=O) groups is 3. The molecule has 0 saturated heterocycles. The van der Waals surface area contributed by atoms with Gasteiger partial charge >= 0.3 is 5.97 Å². The van der Waals surface area contributed by atoms with E-state index >= 15 is 0 Å². The van der Waals surface area contributed by atoms with E-state index in [0.717, 1.165) is 44.2 Å². The fourth-order valence-corrected chi connectivity index (χ4v) is 9.12. The van der Waals surface area contributed by atoms with Gasteiger partial charge in [-0.05, 0) is 72.1 Å². The van der Waals surface area contributed by atoms with E-state index in [1.54, 1.807) is 57.2 Å². The molecule has 12 nitrogen and oxygen atoms in total. The van der Waals surface area contributed by atoms with Crippen LogP contribution in [-0.4, -0.2) is 76.1 Å². The van der Waals surface area contributed by atoms with Crippen LogP contribution in [0.1, 0.15) is 106 Å². The van der Waals surface area contributed by atoms with Crippen molar-refractivity contribution in [1.29, 1.82) is 0 Å². The van der Waals surface area contributed by atoms with Gasteiger partial charge in [0.15, 0.2) is 34.0 Å². The number of methoxy groups -OCH3 is 1. The van der Waals surface area contributed by atoms with Gasteiger partial charge in [-0.3, -0.25) is 9.59 Å². The maximum atomic E-state index is 14.5. The van der Waals surface area contributed by atoms with E-state index in [4.69, 9.17) is 18.9 Å². The zero-order chi connectivity index (χ0) is 42.7. The largest absolute Gasteiger partial charge is 0.493 e. The number of para-hydroxylation sites is 1. The van der Waals surface area contributed by atoms with Gasteiger partial charge in [0.1, 0.15) is 11.6 Å². The van der Waals surface area contributed by atoms with E-state index < -0.39 is 62.9 Å². The number of hydrogen-bond acceptors (Lipinski definition) is 10. The summed E-state index contributed by atoms with van der Waals surface area (Å²) in [6.45, 7) is 14.7. The number of nitrogens with one attached hydrogen (secondary N) is 2. The first-order valence-corrected chi connectivity index (χ1v) is 21.9. The zero-order valence-electron chi connectivity index (χ0n) is 35.7. The van der Waals surface area contributed by atoms with Crippen LogP contribution in [0.25, 0.3) is 0 Å². The number of unbranched alkanes of at least 4 members (excludes halogenated alkanes) is 2. The van der Waals surface area contributed by atoms with E-state index in [0.29, 0.717) is 17.8 Å². The molecule has 0 aliphatic carbocycles. The number of anilines is 2. The molecule has 1 heterocycles. The Morgan fingerprint density at radius 3 is 1.98 bits per heavy atom. The number of nitrogens with zero attached hydrogens (tertiary/aromatic N) is 1. The minimum atomic E-state index is -3.86. The molecular formula is C45H63N3O9S. The van der Waals surface area contributed by atoms with Crippen molar-refractivity contribution in [3.05, 3.63) is 78.4 Å². The van der Waals surface area contributed by atoms with Crippen LogP contribution in [0, 0.1) is 5.41 Å². The number of benzene rings is 3. The average Bonchev–Trinajstić information content (AvgIpc) is 3.26. The highest BCUT2D eigenvalue weighted by atomic mass is 32.2. The third-order valence-corrected chi connectivity index (χ3v) is 11.8. The Labute approximate surface area is 345 Å². The lowest BCUT2D eigenvalue weighted by atomic mass is 9.79. The molecule has 0 bridgehead atoms. The Bertz CT molecular complexity index is 1930. The first-order valence-electron chi connectivity index (χ1n) is 20.2. The normalized spacial score (nSPS) is 15.9. The Balaban J connectivity index is 1.65. The van der Waals surface area contributed by atoms with Gasteiger partial charge in [0.05, 0.1) is 35.7 Å². The first-order chi connectivity index (χ1) is 27.3. The summed E-state index contributed by atoms with van der Waals surface area (Å²) in [4.78, 5) is 43.0. The summed E-state index contributed by atoms with van der Waals surface area (Å²) in [6.07, 6.45) is 5.22. The third-order valence-electron chi connectivity index (χ3n) is 9.80. The van der Waals surface area contributed by atoms with Crippen molar-refractivity contribution >= 4 is 39.0 Å². The van der Waals surface area contributed by atoms with Crippen LogP contribution in [0.2, 0.25) is 0 Å². The predicted octanol–water partition coefficient (Wildman–Crippen LogP) is 7.87. The standard InChI is InChI=1S/C45H63N3O9S/c1-10-12-24-45(25-13-11-2)30-48(33-22-18-15-19-23-33)35-26-36(54-9)37(27-38(35)58(52,53)31-45)55-29-39(49)47-40(32-20-16-14-17-21-32)41(50)46-34(28-56-43(3,4)5)42(51)57-44(6,7)8/h14-23,26-27,34,40H,10-13,24-25,28-31H2,1-9H3,(H,46,50)(H,47,49)/t34-,40-/m1/s1. The summed E-state index contributed by atoms with van der Waals surface area (Å²) >= 11 is 0. The maximum Gasteiger partial charge on any atom is 0.331 e. The topological polar surface area (TPSA) is 150 Å². The molecule has 3 aromatic rings. The Kier molecular flexibility index (Phi) is 15.8. The van der Waals surface area contributed by atoms with Gasteiger partial charge in [0, 0.05) is 29.8 Å². The average molecular weight is 822 g/mol. The Morgan fingerprint density at radius 1 is 0.828 bits per heavy atom. The second kappa shape index (κ2) is 19.9. The van der Waals surface area contributed by atoms with Gasteiger partial charge < -0.3 is 34.5 Å². The Hall–Kier alpha value is -4.62. The molecule has 2 amide bonds. The number of fused-ring (bicyclic) bond motifs is 1. The molecule has 0 unspecified atom stereocenters. The van der Waals surface area contributed by atoms with Crippen molar-refractivity contribution in [3.63, 3.8) is 0 Å². The summed E-state index contributed by atoms with van der Waals surface area (Å²) in [5.74, 6) is -1.75. The van der Waals surface area contributed by atoms with E-state index in [9.17, 15) is 22.8 Å². The molecule has 3 aromatic carbocycles. The summed E-state index contributed by atoms with van der Waals surface area (Å²) in [6, 6.07) is 19.0. The quantitative estimate of drug-likeness (QED) is 0.122. The summed E-state index contributed by atoms with van der Waals surface area (Å²) in [5.41, 5.74) is -0.142. The second-order valence-corrected chi connectivity index (χ2v) is 19.0. The summed E-state index contributed by atoms with van der Waals surface area (Å²) < 4.78 is 52.2. The maximum absolute atomic E-state index is 14.5. The minimum Gasteiger partial charge on any atom is -0.493 e. The van der Waals surface area contributed by atoms with Crippen LogP contribution in [0.4, 0.5) is 11.4 Å². The zero-order valence-corrected chi connectivity index (χ0v) is 36.5. The molecule has 2 N–H and O–H groups in total. The number of esters is 1. The van der Waals surface area contributed by atoms with Gasteiger partial charge in [-0.15, -0.1) is 0 Å². The number of hydrogen-bond donors (Lipinski definition) is 2. The van der Waals surface area contributed by atoms with E-state index in [2.05, 4.69) is 29.4 Å². The van der Waals surface area contributed by atoms with Gasteiger partial charge in [0.2, 0.25) is 5.91 Å². The van der Waals surface area contributed by atoms with Crippen molar-refractivity contribution in [3.8, 4) is 11.5 Å². The number of sulfone groups is 1. The van der Waals surface area contributed by atoms with Crippen LogP contribution in [0.5, 0.6) is 11.5 Å². The first kappa shape index (κ1) is 46.1. The van der Waals surface area contributed by atoms with Gasteiger partial charge in [-0.2, -0.15) is 0 Å². The van der Waals surface area contributed by atoms with Crippen molar-refractivity contribution in [1.82, 2.24) is 10.6 Å². The van der Waals surface area contributed by atoms with Crippen molar-refractivity contribution in [2.75, 3.05) is 37.5 Å².